The molecule has 2 aliphatic rings. The van der Waals surface area contributed by atoms with Crippen molar-refractivity contribution in [1.29, 1.82) is 0 Å². The predicted molar refractivity (Wildman–Crippen MR) is 85.6 cm³/mol. The first kappa shape index (κ1) is 16.6. The molecular weight excluding hydrogens is 264 g/mol. The minimum Gasteiger partial charge on any atom is -0.465 e. The van der Waals surface area contributed by atoms with Gasteiger partial charge in [0.05, 0.1) is 0 Å². The van der Waals surface area contributed by atoms with Gasteiger partial charge in [0.15, 0.2) is 0 Å². The number of carbonyl (C=O) groups is 1. The van der Waals surface area contributed by atoms with Crippen LogP contribution in [-0.2, 0) is 0 Å². The Morgan fingerprint density at radius 3 is 2.19 bits per heavy atom. The fourth-order valence-corrected chi connectivity index (χ4v) is 3.82. The van der Waals surface area contributed by atoms with Gasteiger partial charge in [0, 0.05) is 18.6 Å². The van der Waals surface area contributed by atoms with E-state index in [9.17, 15) is 9.90 Å². The number of carboxylic acid groups (broad SMARTS) is 1. The van der Waals surface area contributed by atoms with Crippen LogP contribution in [0, 0.1) is 10.8 Å². The topological polar surface area (TPSA) is 43.8 Å². The van der Waals surface area contributed by atoms with Gasteiger partial charge in [-0.2, -0.15) is 0 Å². The molecule has 0 saturated carbocycles. The van der Waals surface area contributed by atoms with Gasteiger partial charge in [0.2, 0.25) is 0 Å². The zero-order valence-corrected chi connectivity index (χ0v) is 14.4. The molecule has 0 radical (unpaired) electrons. The van der Waals surface area contributed by atoms with Gasteiger partial charge in [-0.1, -0.05) is 34.6 Å². The maximum absolute atomic E-state index is 11.5. The summed E-state index contributed by atoms with van der Waals surface area (Å²) in [6.45, 7) is 14.2. The molecule has 0 aromatic heterocycles. The highest BCUT2D eigenvalue weighted by Crippen LogP contribution is 2.37. The van der Waals surface area contributed by atoms with Crippen molar-refractivity contribution in [2.45, 2.75) is 72.4 Å². The van der Waals surface area contributed by atoms with Crippen molar-refractivity contribution in [3.8, 4) is 0 Å². The highest BCUT2D eigenvalue weighted by molar-refractivity contribution is 5.65. The third-order valence-electron chi connectivity index (χ3n) is 5.49. The van der Waals surface area contributed by atoms with Gasteiger partial charge >= 0.3 is 6.09 Å². The van der Waals surface area contributed by atoms with E-state index in [0.717, 1.165) is 12.8 Å². The number of rotatable bonds is 1. The second-order valence-electron chi connectivity index (χ2n) is 8.74. The molecular formula is C17H32N2O2. The van der Waals surface area contributed by atoms with Gasteiger partial charge in [-0.25, -0.2) is 4.79 Å². The lowest BCUT2D eigenvalue weighted by atomic mass is 9.77. The maximum atomic E-state index is 11.5. The van der Waals surface area contributed by atoms with Crippen molar-refractivity contribution in [2.24, 2.45) is 10.8 Å². The van der Waals surface area contributed by atoms with Gasteiger partial charge in [-0.15, -0.1) is 0 Å². The molecule has 2 saturated heterocycles. The molecule has 2 heterocycles. The predicted octanol–water partition coefficient (Wildman–Crippen LogP) is 3.67. The molecule has 2 fully saturated rings. The zero-order valence-electron chi connectivity index (χ0n) is 14.4. The van der Waals surface area contributed by atoms with Crippen LogP contribution in [0.3, 0.4) is 0 Å². The molecule has 21 heavy (non-hydrogen) atoms. The Morgan fingerprint density at radius 2 is 1.71 bits per heavy atom. The van der Waals surface area contributed by atoms with Crippen molar-refractivity contribution >= 4 is 6.09 Å². The second kappa shape index (κ2) is 5.79. The molecule has 122 valence electrons. The second-order valence-corrected chi connectivity index (χ2v) is 8.74. The molecule has 2 rings (SSSR count). The molecule has 2 atom stereocenters. The molecule has 4 nitrogen and oxygen atoms in total. The largest absolute Gasteiger partial charge is 0.465 e. The standard InChI is InChI=1S/C17H32N2O2/c1-16(2,3)14-12-13(6-9-19(14)15(20)21)18-10-7-17(4,5)8-11-18/h13-14H,6-12H2,1-5H3,(H,20,21). The fraction of sp³-hybridized carbons (Fsp3) is 0.941. The van der Waals surface area contributed by atoms with E-state index < -0.39 is 6.09 Å². The maximum Gasteiger partial charge on any atom is 0.407 e. The van der Waals surface area contributed by atoms with Crippen LogP contribution in [0.2, 0.25) is 0 Å². The summed E-state index contributed by atoms with van der Waals surface area (Å²) in [5.74, 6) is 0. The van der Waals surface area contributed by atoms with E-state index >= 15 is 0 Å². The number of hydrogen-bond acceptors (Lipinski definition) is 2. The molecule has 0 aromatic carbocycles. The third kappa shape index (κ3) is 3.91. The van der Waals surface area contributed by atoms with Crippen LogP contribution in [0.1, 0.15) is 60.3 Å². The quantitative estimate of drug-likeness (QED) is 0.803. The molecule has 1 amide bonds. The molecule has 0 aliphatic carbocycles. The van der Waals surface area contributed by atoms with Gasteiger partial charge < -0.3 is 14.9 Å². The molecule has 2 aliphatic heterocycles. The molecule has 0 bridgehead atoms. The van der Waals surface area contributed by atoms with Crippen LogP contribution in [0.4, 0.5) is 4.79 Å². The summed E-state index contributed by atoms with van der Waals surface area (Å²) in [6.07, 6.45) is 3.72. The fourth-order valence-electron chi connectivity index (χ4n) is 3.82. The van der Waals surface area contributed by atoms with Gasteiger partial charge in [0.25, 0.3) is 0 Å². The Hall–Kier alpha value is -0.770. The lowest BCUT2D eigenvalue weighted by molar-refractivity contribution is 0.00370. The van der Waals surface area contributed by atoms with Crippen LogP contribution < -0.4 is 0 Å². The third-order valence-corrected chi connectivity index (χ3v) is 5.49. The monoisotopic (exact) mass is 296 g/mol. The number of piperidine rings is 2. The SMILES string of the molecule is CC1(C)CCN(C2CCN(C(=O)O)C(C(C)(C)C)C2)CC1. The summed E-state index contributed by atoms with van der Waals surface area (Å²) in [5, 5.41) is 9.45. The Bertz CT molecular complexity index is 377. The Kier molecular flexibility index (Phi) is 4.57. The van der Waals surface area contributed by atoms with E-state index in [1.54, 1.807) is 4.90 Å². The van der Waals surface area contributed by atoms with Crippen molar-refractivity contribution in [3.05, 3.63) is 0 Å². The van der Waals surface area contributed by atoms with Gasteiger partial charge in [-0.05, 0) is 49.6 Å². The van der Waals surface area contributed by atoms with E-state index in [1.807, 2.05) is 0 Å². The molecule has 0 aromatic rings. The Labute approximate surface area is 129 Å². The van der Waals surface area contributed by atoms with Crippen LogP contribution >= 0.6 is 0 Å². The minimum absolute atomic E-state index is 0.00607. The highest BCUT2D eigenvalue weighted by atomic mass is 16.4. The minimum atomic E-state index is -0.756. The van der Waals surface area contributed by atoms with Gasteiger partial charge in [-0.3, -0.25) is 0 Å². The first-order chi connectivity index (χ1) is 9.60. The molecule has 1 N–H and O–H groups in total. The van der Waals surface area contributed by atoms with E-state index in [1.165, 1.54) is 25.9 Å². The number of amides is 1. The molecule has 4 heteroatoms. The lowest BCUT2D eigenvalue weighted by Gasteiger charge is -2.49. The first-order valence-corrected chi connectivity index (χ1v) is 8.34. The van der Waals surface area contributed by atoms with Crippen molar-refractivity contribution in [2.75, 3.05) is 19.6 Å². The number of nitrogens with zero attached hydrogens (tertiary/aromatic N) is 2. The van der Waals surface area contributed by atoms with Crippen LogP contribution in [0.25, 0.3) is 0 Å². The van der Waals surface area contributed by atoms with Crippen molar-refractivity contribution < 1.29 is 9.90 Å². The first-order valence-electron chi connectivity index (χ1n) is 8.34. The summed E-state index contributed by atoms with van der Waals surface area (Å²) in [4.78, 5) is 15.8. The van der Waals surface area contributed by atoms with E-state index in [-0.39, 0.29) is 11.5 Å². The van der Waals surface area contributed by atoms with E-state index in [0.29, 0.717) is 18.0 Å². The number of likely N-dealkylation sites (tertiary alicyclic amines) is 2. The Morgan fingerprint density at radius 1 is 1.14 bits per heavy atom. The summed E-state index contributed by atoms with van der Waals surface area (Å²) < 4.78 is 0. The van der Waals surface area contributed by atoms with E-state index in [4.69, 9.17) is 0 Å². The smallest absolute Gasteiger partial charge is 0.407 e. The average molecular weight is 296 g/mol. The van der Waals surface area contributed by atoms with Gasteiger partial charge in [0.1, 0.15) is 0 Å². The normalized spacial score (nSPS) is 31.2. The number of hydrogen-bond donors (Lipinski definition) is 1. The van der Waals surface area contributed by atoms with Crippen LogP contribution in [0.15, 0.2) is 0 Å². The zero-order chi connectivity index (χ0) is 15.8. The average Bonchev–Trinajstić information content (AvgIpc) is 2.37. The summed E-state index contributed by atoms with van der Waals surface area (Å²) >= 11 is 0. The van der Waals surface area contributed by atoms with Crippen LogP contribution in [-0.4, -0.2) is 52.7 Å². The van der Waals surface area contributed by atoms with Crippen molar-refractivity contribution in [3.63, 3.8) is 0 Å². The van der Waals surface area contributed by atoms with Crippen LogP contribution in [0.5, 0.6) is 0 Å². The molecule has 0 spiro atoms. The highest BCUT2D eigenvalue weighted by Gasteiger charge is 2.41. The summed E-state index contributed by atoms with van der Waals surface area (Å²) in [5.41, 5.74) is 0.480. The van der Waals surface area contributed by atoms with Crippen molar-refractivity contribution in [1.82, 2.24) is 9.80 Å². The lowest BCUT2D eigenvalue weighted by Crippen LogP contribution is -2.57. The molecule has 2 unspecified atom stereocenters. The van der Waals surface area contributed by atoms with E-state index in [2.05, 4.69) is 39.5 Å². The summed E-state index contributed by atoms with van der Waals surface area (Å²) in [7, 11) is 0. The summed E-state index contributed by atoms with van der Waals surface area (Å²) in [6, 6.07) is 0.685. The Balaban J connectivity index is 2.03.